The first-order valence-corrected chi connectivity index (χ1v) is 8.03. The standard InChI is InChI=1S/C14H15BrFN3S/c1-3-17-14-13(15)9(2)18-12(19-14)8-20-11-6-4-10(16)5-7-11/h4-7H,3,8H2,1-2H3,(H,17,18,19). The topological polar surface area (TPSA) is 37.8 Å². The number of halogens is 2. The van der Waals surface area contributed by atoms with Crippen molar-refractivity contribution >= 4 is 33.5 Å². The number of thioether (sulfide) groups is 1. The monoisotopic (exact) mass is 355 g/mol. The maximum atomic E-state index is 12.8. The van der Waals surface area contributed by atoms with Crippen molar-refractivity contribution < 1.29 is 4.39 Å². The van der Waals surface area contributed by atoms with Crippen LogP contribution in [-0.2, 0) is 5.75 Å². The smallest absolute Gasteiger partial charge is 0.144 e. The zero-order valence-electron chi connectivity index (χ0n) is 11.3. The molecule has 3 nitrogen and oxygen atoms in total. The second kappa shape index (κ2) is 7.04. The predicted molar refractivity (Wildman–Crippen MR) is 84.6 cm³/mol. The molecular weight excluding hydrogens is 341 g/mol. The number of nitrogens with one attached hydrogen (secondary N) is 1. The molecule has 0 fully saturated rings. The number of benzene rings is 1. The summed E-state index contributed by atoms with van der Waals surface area (Å²) in [4.78, 5) is 9.95. The van der Waals surface area contributed by atoms with Gasteiger partial charge in [0, 0.05) is 11.4 Å². The molecule has 0 spiro atoms. The number of hydrogen-bond acceptors (Lipinski definition) is 4. The van der Waals surface area contributed by atoms with E-state index in [1.807, 2.05) is 13.8 Å². The first-order valence-electron chi connectivity index (χ1n) is 6.25. The van der Waals surface area contributed by atoms with Crippen LogP contribution in [0.15, 0.2) is 33.6 Å². The highest BCUT2D eigenvalue weighted by molar-refractivity contribution is 9.10. The van der Waals surface area contributed by atoms with E-state index in [0.717, 1.165) is 33.2 Å². The van der Waals surface area contributed by atoms with Gasteiger partial charge in [-0.2, -0.15) is 0 Å². The van der Waals surface area contributed by atoms with Gasteiger partial charge in [-0.3, -0.25) is 0 Å². The van der Waals surface area contributed by atoms with Crippen molar-refractivity contribution in [2.45, 2.75) is 24.5 Å². The summed E-state index contributed by atoms with van der Waals surface area (Å²) in [5, 5.41) is 3.21. The molecule has 1 aromatic carbocycles. The molecule has 1 aromatic heterocycles. The largest absolute Gasteiger partial charge is 0.369 e. The summed E-state index contributed by atoms with van der Waals surface area (Å²) in [6.45, 7) is 4.77. The van der Waals surface area contributed by atoms with E-state index in [1.54, 1.807) is 23.9 Å². The minimum absolute atomic E-state index is 0.223. The third-order valence-electron chi connectivity index (χ3n) is 2.59. The number of hydrogen-bond donors (Lipinski definition) is 1. The van der Waals surface area contributed by atoms with Crippen LogP contribution in [0.2, 0.25) is 0 Å². The lowest BCUT2D eigenvalue weighted by Gasteiger charge is -2.09. The van der Waals surface area contributed by atoms with Crippen molar-refractivity contribution in [2.75, 3.05) is 11.9 Å². The molecule has 20 heavy (non-hydrogen) atoms. The molecule has 0 saturated carbocycles. The van der Waals surface area contributed by atoms with E-state index in [-0.39, 0.29) is 5.82 Å². The van der Waals surface area contributed by atoms with E-state index in [0.29, 0.717) is 5.75 Å². The molecule has 106 valence electrons. The predicted octanol–water partition coefficient (Wildman–Crippen LogP) is 4.41. The van der Waals surface area contributed by atoms with Crippen LogP contribution in [0, 0.1) is 12.7 Å². The third-order valence-corrected chi connectivity index (χ3v) is 4.55. The Morgan fingerprint density at radius 1 is 1.25 bits per heavy atom. The Labute approximate surface area is 130 Å². The van der Waals surface area contributed by atoms with Gasteiger partial charge in [-0.1, -0.05) is 0 Å². The molecule has 0 atom stereocenters. The minimum atomic E-state index is -0.223. The fourth-order valence-corrected chi connectivity index (χ4v) is 2.72. The second-order valence-corrected chi connectivity index (χ2v) is 6.00. The number of nitrogens with zero attached hydrogens (tertiary/aromatic N) is 2. The molecule has 0 aliphatic rings. The van der Waals surface area contributed by atoms with Crippen molar-refractivity contribution in [3.8, 4) is 0 Å². The van der Waals surface area contributed by atoms with Crippen molar-refractivity contribution in [3.63, 3.8) is 0 Å². The van der Waals surface area contributed by atoms with E-state index in [9.17, 15) is 4.39 Å². The number of aromatic nitrogens is 2. The summed E-state index contributed by atoms with van der Waals surface area (Å²) in [5.74, 6) is 2.00. The quantitative estimate of drug-likeness (QED) is 0.806. The van der Waals surface area contributed by atoms with Crippen LogP contribution >= 0.6 is 27.7 Å². The first kappa shape index (κ1) is 15.3. The van der Waals surface area contributed by atoms with Gasteiger partial charge in [0.05, 0.1) is 15.9 Å². The van der Waals surface area contributed by atoms with Crippen LogP contribution in [0.1, 0.15) is 18.4 Å². The zero-order chi connectivity index (χ0) is 14.5. The Bertz CT molecular complexity index is 590. The lowest BCUT2D eigenvalue weighted by atomic mass is 10.4. The lowest BCUT2D eigenvalue weighted by molar-refractivity contribution is 0.626. The van der Waals surface area contributed by atoms with E-state index >= 15 is 0 Å². The number of aryl methyl sites for hydroxylation is 1. The third kappa shape index (κ3) is 3.93. The maximum Gasteiger partial charge on any atom is 0.144 e. The summed E-state index contributed by atoms with van der Waals surface area (Å²) in [6, 6.07) is 6.44. The molecule has 2 aromatic rings. The van der Waals surface area contributed by atoms with Crippen molar-refractivity contribution in [1.82, 2.24) is 9.97 Å². The highest BCUT2D eigenvalue weighted by atomic mass is 79.9. The van der Waals surface area contributed by atoms with Crippen molar-refractivity contribution in [3.05, 3.63) is 46.1 Å². The van der Waals surface area contributed by atoms with Gasteiger partial charge < -0.3 is 5.32 Å². The van der Waals surface area contributed by atoms with Crippen LogP contribution in [0.4, 0.5) is 10.2 Å². The van der Waals surface area contributed by atoms with Crippen LogP contribution in [0.25, 0.3) is 0 Å². The van der Waals surface area contributed by atoms with E-state index in [1.165, 1.54) is 12.1 Å². The number of anilines is 1. The molecule has 0 radical (unpaired) electrons. The fraction of sp³-hybridized carbons (Fsp3) is 0.286. The SMILES string of the molecule is CCNc1nc(CSc2ccc(F)cc2)nc(C)c1Br. The van der Waals surface area contributed by atoms with Crippen LogP contribution in [-0.4, -0.2) is 16.5 Å². The summed E-state index contributed by atoms with van der Waals surface area (Å²) >= 11 is 5.07. The molecule has 1 N–H and O–H groups in total. The second-order valence-electron chi connectivity index (χ2n) is 4.16. The van der Waals surface area contributed by atoms with E-state index in [2.05, 4.69) is 31.2 Å². The maximum absolute atomic E-state index is 12.8. The van der Waals surface area contributed by atoms with Crippen molar-refractivity contribution in [2.24, 2.45) is 0 Å². The van der Waals surface area contributed by atoms with Gasteiger partial charge in [0.15, 0.2) is 0 Å². The molecule has 0 unspecified atom stereocenters. The number of rotatable bonds is 5. The van der Waals surface area contributed by atoms with Crippen LogP contribution < -0.4 is 5.32 Å². The Morgan fingerprint density at radius 3 is 2.60 bits per heavy atom. The zero-order valence-corrected chi connectivity index (χ0v) is 13.7. The Kier molecular flexibility index (Phi) is 5.37. The van der Waals surface area contributed by atoms with Crippen molar-refractivity contribution in [1.29, 1.82) is 0 Å². The summed E-state index contributed by atoms with van der Waals surface area (Å²) in [7, 11) is 0. The Hall–Kier alpha value is -1.14. The molecule has 0 bridgehead atoms. The van der Waals surface area contributed by atoms with Gasteiger partial charge in [0.2, 0.25) is 0 Å². The highest BCUT2D eigenvalue weighted by Gasteiger charge is 2.09. The van der Waals surface area contributed by atoms with Gasteiger partial charge in [0.25, 0.3) is 0 Å². The van der Waals surface area contributed by atoms with E-state index < -0.39 is 0 Å². The molecule has 0 amide bonds. The van der Waals surface area contributed by atoms with Crippen LogP contribution in [0.5, 0.6) is 0 Å². The van der Waals surface area contributed by atoms with Gasteiger partial charge in [-0.15, -0.1) is 11.8 Å². The summed E-state index contributed by atoms with van der Waals surface area (Å²) in [5.41, 5.74) is 0.908. The molecule has 1 heterocycles. The van der Waals surface area contributed by atoms with Gasteiger partial charge in [-0.25, -0.2) is 14.4 Å². The Morgan fingerprint density at radius 2 is 1.95 bits per heavy atom. The summed E-state index contributed by atoms with van der Waals surface area (Å²) in [6.07, 6.45) is 0. The average Bonchev–Trinajstić information content (AvgIpc) is 2.44. The molecule has 6 heteroatoms. The molecule has 0 saturated heterocycles. The molecule has 0 aliphatic carbocycles. The lowest BCUT2D eigenvalue weighted by Crippen LogP contribution is -2.05. The summed E-state index contributed by atoms with van der Waals surface area (Å²) < 4.78 is 13.7. The fourth-order valence-electron chi connectivity index (χ4n) is 1.64. The Balaban J connectivity index is 2.11. The van der Waals surface area contributed by atoms with Gasteiger partial charge in [-0.05, 0) is 54.0 Å². The molecule has 2 rings (SSSR count). The first-order chi connectivity index (χ1) is 9.60. The normalized spacial score (nSPS) is 10.6. The molecule has 0 aliphatic heterocycles. The van der Waals surface area contributed by atoms with Gasteiger partial charge in [0.1, 0.15) is 17.5 Å². The van der Waals surface area contributed by atoms with E-state index in [4.69, 9.17) is 0 Å². The molecular formula is C14H15BrFN3S. The minimum Gasteiger partial charge on any atom is -0.369 e. The van der Waals surface area contributed by atoms with Gasteiger partial charge >= 0.3 is 0 Å². The van der Waals surface area contributed by atoms with Crippen LogP contribution in [0.3, 0.4) is 0 Å². The average molecular weight is 356 g/mol. The highest BCUT2D eigenvalue weighted by Crippen LogP contribution is 2.26.